The van der Waals surface area contributed by atoms with Crippen LogP contribution in [0.4, 0.5) is 5.82 Å². The summed E-state index contributed by atoms with van der Waals surface area (Å²) >= 11 is 0. The maximum atomic E-state index is 5.75. The van der Waals surface area contributed by atoms with E-state index in [2.05, 4.69) is 5.10 Å². The van der Waals surface area contributed by atoms with Crippen LogP contribution in [-0.2, 0) is 0 Å². The fourth-order valence-electron chi connectivity index (χ4n) is 1.09. The smallest absolute Gasteiger partial charge is 0.127 e. The molecule has 0 radical (unpaired) electrons. The van der Waals surface area contributed by atoms with Crippen LogP contribution in [0.3, 0.4) is 0 Å². The standard InChI is InChI=1S/C11H15N3/c1-3-5-7-10(6-4-2)14-11(12)8-9-13-14/h3-9H,12H2,1-2H3/b5-3-,6-4-,10-7+. The molecule has 74 valence electrons. The van der Waals surface area contributed by atoms with Gasteiger partial charge in [0.15, 0.2) is 0 Å². The molecule has 0 amide bonds. The van der Waals surface area contributed by atoms with Gasteiger partial charge in [-0.2, -0.15) is 5.10 Å². The third kappa shape index (κ3) is 2.36. The van der Waals surface area contributed by atoms with Crippen molar-refractivity contribution in [2.45, 2.75) is 13.8 Å². The van der Waals surface area contributed by atoms with Crippen molar-refractivity contribution in [3.8, 4) is 0 Å². The van der Waals surface area contributed by atoms with Crippen LogP contribution in [0.25, 0.3) is 5.70 Å². The van der Waals surface area contributed by atoms with Gasteiger partial charge < -0.3 is 5.73 Å². The van der Waals surface area contributed by atoms with Crippen molar-refractivity contribution < 1.29 is 0 Å². The summed E-state index contributed by atoms with van der Waals surface area (Å²) in [7, 11) is 0. The van der Waals surface area contributed by atoms with Gasteiger partial charge in [0.2, 0.25) is 0 Å². The summed E-state index contributed by atoms with van der Waals surface area (Å²) in [5.41, 5.74) is 6.70. The minimum absolute atomic E-state index is 0.638. The highest BCUT2D eigenvalue weighted by Gasteiger charge is 1.99. The predicted molar refractivity (Wildman–Crippen MR) is 60.5 cm³/mol. The van der Waals surface area contributed by atoms with Crippen molar-refractivity contribution in [2.24, 2.45) is 0 Å². The highest BCUT2D eigenvalue weighted by molar-refractivity contribution is 5.61. The molecule has 0 unspecified atom stereocenters. The van der Waals surface area contributed by atoms with Gasteiger partial charge >= 0.3 is 0 Å². The quantitative estimate of drug-likeness (QED) is 0.742. The molecule has 0 aliphatic heterocycles. The van der Waals surface area contributed by atoms with Gasteiger partial charge in [-0.05, 0) is 26.0 Å². The predicted octanol–water partition coefficient (Wildman–Crippen LogP) is 2.46. The molecule has 3 heteroatoms. The third-order valence-electron chi connectivity index (χ3n) is 1.71. The van der Waals surface area contributed by atoms with Gasteiger partial charge in [-0.3, -0.25) is 0 Å². The first-order valence-corrected chi connectivity index (χ1v) is 4.55. The second-order valence-electron chi connectivity index (χ2n) is 2.79. The molecule has 2 N–H and O–H groups in total. The second-order valence-corrected chi connectivity index (χ2v) is 2.79. The Morgan fingerprint density at radius 3 is 2.71 bits per heavy atom. The van der Waals surface area contributed by atoms with Crippen LogP contribution in [0.15, 0.2) is 42.6 Å². The van der Waals surface area contributed by atoms with E-state index in [1.807, 2.05) is 44.2 Å². The summed E-state index contributed by atoms with van der Waals surface area (Å²) in [4.78, 5) is 0. The normalized spacial score (nSPS) is 13.1. The summed E-state index contributed by atoms with van der Waals surface area (Å²) in [5.74, 6) is 0.638. The van der Waals surface area contributed by atoms with Crippen LogP contribution in [0.5, 0.6) is 0 Å². The summed E-state index contributed by atoms with van der Waals surface area (Å²) in [6, 6.07) is 1.77. The van der Waals surface area contributed by atoms with Crippen molar-refractivity contribution in [2.75, 3.05) is 5.73 Å². The lowest BCUT2D eigenvalue weighted by atomic mass is 10.3. The van der Waals surface area contributed by atoms with E-state index in [4.69, 9.17) is 5.73 Å². The molecule has 0 aromatic carbocycles. The van der Waals surface area contributed by atoms with Gasteiger partial charge in [-0.25, -0.2) is 4.68 Å². The Morgan fingerprint density at radius 1 is 1.43 bits per heavy atom. The number of hydrogen-bond acceptors (Lipinski definition) is 2. The van der Waals surface area contributed by atoms with E-state index in [9.17, 15) is 0 Å². The minimum Gasteiger partial charge on any atom is -0.384 e. The first-order valence-electron chi connectivity index (χ1n) is 4.55. The highest BCUT2D eigenvalue weighted by atomic mass is 15.3. The van der Waals surface area contributed by atoms with Crippen LogP contribution in [0.2, 0.25) is 0 Å². The number of aromatic nitrogens is 2. The first-order chi connectivity index (χ1) is 6.79. The molecule has 0 spiro atoms. The molecular formula is C11H15N3. The lowest BCUT2D eigenvalue weighted by molar-refractivity contribution is 0.920. The molecule has 3 nitrogen and oxygen atoms in total. The molecule has 1 heterocycles. The average molecular weight is 189 g/mol. The van der Waals surface area contributed by atoms with Crippen LogP contribution in [0, 0.1) is 0 Å². The number of nitrogens with zero attached hydrogens (tertiary/aromatic N) is 2. The van der Waals surface area contributed by atoms with Gasteiger partial charge in [0, 0.05) is 6.07 Å². The highest BCUT2D eigenvalue weighted by Crippen LogP contribution is 2.11. The lowest BCUT2D eigenvalue weighted by Gasteiger charge is -2.03. The van der Waals surface area contributed by atoms with E-state index >= 15 is 0 Å². The maximum Gasteiger partial charge on any atom is 0.127 e. The summed E-state index contributed by atoms with van der Waals surface area (Å²) in [5, 5.41) is 4.13. The van der Waals surface area contributed by atoms with Crippen molar-refractivity contribution in [1.29, 1.82) is 0 Å². The zero-order valence-electron chi connectivity index (χ0n) is 8.51. The van der Waals surface area contributed by atoms with Gasteiger partial charge in [-0.15, -0.1) is 0 Å². The Morgan fingerprint density at radius 2 is 2.21 bits per heavy atom. The third-order valence-corrected chi connectivity index (χ3v) is 1.71. The number of anilines is 1. The molecule has 0 aliphatic rings. The number of hydrogen-bond donors (Lipinski definition) is 1. The Balaban J connectivity index is 3.06. The second kappa shape index (κ2) is 5.07. The Labute approximate surface area is 84.2 Å². The zero-order valence-corrected chi connectivity index (χ0v) is 8.51. The van der Waals surface area contributed by atoms with E-state index in [1.54, 1.807) is 16.9 Å². The summed E-state index contributed by atoms with van der Waals surface area (Å²) in [6.45, 7) is 3.93. The molecule has 0 aliphatic carbocycles. The maximum absolute atomic E-state index is 5.75. The van der Waals surface area contributed by atoms with Gasteiger partial charge in [0.25, 0.3) is 0 Å². The average Bonchev–Trinajstić information content (AvgIpc) is 2.59. The van der Waals surface area contributed by atoms with E-state index in [-0.39, 0.29) is 0 Å². The molecule has 1 aromatic rings. The van der Waals surface area contributed by atoms with E-state index in [0.717, 1.165) is 5.70 Å². The topological polar surface area (TPSA) is 43.8 Å². The minimum atomic E-state index is 0.638. The number of nitrogens with two attached hydrogens (primary N) is 1. The number of allylic oxidation sites excluding steroid dienone is 6. The van der Waals surface area contributed by atoms with Crippen molar-refractivity contribution in [3.63, 3.8) is 0 Å². The van der Waals surface area contributed by atoms with Gasteiger partial charge in [0.1, 0.15) is 5.82 Å². The fraction of sp³-hybridized carbons (Fsp3) is 0.182. The summed E-state index contributed by atoms with van der Waals surface area (Å²) in [6.07, 6.45) is 11.5. The summed E-state index contributed by atoms with van der Waals surface area (Å²) < 4.78 is 1.69. The molecule has 0 saturated heterocycles. The lowest BCUT2D eigenvalue weighted by Crippen LogP contribution is -2.01. The van der Waals surface area contributed by atoms with Crippen molar-refractivity contribution in [3.05, 3.63) is 42.6 Å². The Bertz CT molecular complexity index is 370. The Hall–Kier alpha value is -1.77. The van der Waals surface area contributed by atoms with E-state index < -0.39 is 0 Å². The molecule has 0 atom stereocenters. The Kier molecular flexibility index (Phi) is 3.73. The zero-order chi connectivity index (χ0) is 10.4. The monoisotopic (exact) mass is 189 g/mol. The molecule has 1 aromatic heterocycles. The van der Waals surface area contributed by atoms with E-state index in [1.165, 1.54) is 0 Å². The molecule has 1 rings (SSSR count). The van der Waals surface area contributed by atoms with Crippen LogP contribution in [0.1, 0.15) is 13.8 Å². The number of nitrogen functional groups attached to an aromatic ring is 1. The van der Waals surface area contributed by atoms with Gasteiger partial charge in [0.05, 0.1) is 11.9 Å². The van der Waals surface area contributed by atoms with Gasteiger partial charge in [-0.1, -0.05) is 18.2 Å². The molecular weight excluding hydrogens is 174 g/mol. The largest absolute Gasteiger partial charge is 0.384 e. The molecule has 0 fully saturated rings. The van der Waals surface area contributed by atoms with Crippen molar-refractivity contribution in [1.82, 2.24) is 9.78 Å². The molecule has 0 bridgehead atoms. The van der Waals surface area contributed by atoms with Crippen LogP contribution >= 0.6 is 0 Å². The molecule has 0 saturated carbocycles. The van der Waals surface area contributed by atoms with Crippen molar-refractivity contribution >= 4 is 11.5 Å². The fourth-order valence-corrected chi connectivity index (χ4v) is 1.09. The number of rotatable bonds is 3. The SMILES string of the molecule is C\C=C/C=C(\C=C/C)n1nccc1N. The van der Waals surface area contributed by atoms with Crippen LogP contribution < -0.4 is 5.73 Å². The van der Waals surface area contributed by atoms with E-state index in [0.29, 0.717) is 5.82 Å². The first kappa shape index (κ1) is 10.3. The molecule has 14 heavy (non-hydrogen) atoms. The van der Waals surface area contributed by atoms with Crippen LogP contribution in [-0.4, -0.2) is 9.78 Å².